The second-order valence-electron chi connectivity index (χ2n) is 5.51. The normalized spacial score (nSPS) is 10.5. The molecule has 7 heteroatoms. The average Bonchev–Trinajstić information content (AvgIpc) is 2.56. The van der Waals surface area contributed by atoms with Gasteiger partial charge < -0.3 is 10.6 Å². The van der Waals surface area contributed by atoms with E-state index in [2.05, 4.69) is 20.6 Å². The zero-order chi connectivity index (χ0) is 18.0. The number of fused-ring (bicyclic) bond motifs is 1. The predicted molar refractivity (Wildman–Crippen MR) is 98.4 cm³/mol. The maximum Gasteiger partial charge on any atom is 0.323 e. The van der Waals surface area contributed by atoms with E-state index in [-0.39, 0.29) is 5.78 Å². The topological polar surface area (TPSA) is 84.0 Å². The van der Waals surface area contributed by atoms with E-state index < -0.39 is 6.03 Å². The maximum atomic E-state index is 12.3. The van der Waals surface area contributed by atoms with Crippen molar-refractivity contribution in [3.8, 4) is 0 Å². The molecule has 126 valence electrons. The SMILES string of the molecule is CC(=O)c1cc(NC(=O)Nc2cc(C)nc3cccnc23)ccc1Cl. The molecule has 0 fully saturated rings. The van der Waals surface area contributed by atoms with Gasteiger partial charge in [-0.1, -0.05) is 11.6 Å². The highest BCUT2D eigenvalue weighted by Gasteiger charge is 2.11. The lowest BCUT2D eigenvalue weighted by Crippen LogP contribution is -2.20. The fraction of sp³-hybridized carbons (Fsp3) is 0.111. The van der Waals surface area contributed by atoms with Crippen LogP contribution in [0, 0.1) is 6.92 Å². The van der Waals surface area contributed by atoms with Crippen molar-refractivity contribution in [3.63, 3.8) is 0 Å². The molecule has 0 unspecified atom stereocenters. The standard InChI is InChI=1S/C18H15ClN4O2/c1-10-8-16(17-15(21-10)4-3-7-20-17)23-18(25)22-12-5-6-14(19)13(9-12)11(2)24/h3-9H,1-2H3,(H2,21,22,23,25). The van der Waals surface area contributed by atoms with Crippen molar-refractivity contribution in [2.24, 2.45) is 0 Å². The van der Waals surface area contributed by atoms with Crippen LogP contribution in [0.15, 0.2) is 42.6 Å². The van der Waals surface area contributed by atoms with Gasteiger partial charge in [-0.2, -0.15) is 0 Å². The number of anilines is 2. The van der Waals surface area contributed by atoms with Crippen LogP contribution < -0.4 is 10.6 Å². The number of carbonyl (C=O) groups excluding carboxylic acids is 2. The molecule has 0 saturated heterocycles. The highest BCUT2D eigenvalue weighted by molar-refractivity contribution is 6.34. The number of carbonyl (C=O) groups is 2. The van der Waals surface area contributed by atoms with E-state index in [0.29, 0.717) is 33.0 Å². The van der Waals surface area contributed by atoms with Crippen molar-refractivity contribution < 1.29 is 9.59 Å². The Bertz CT molecular complexity index is 988. The number of aryl methyl sites for hydroxylation is 1. The molecule has 3 aromatic rings. The van der Waals surface area contributed by atoms with Crippen molar-refractivity contribution >= 4 is 45.8 Å². The van der Waals surface area contributed by atoms with E-state index in [0.717, 1.165) is 5.69 Å². The van der Waals surface area contributed by atoms with Gasteiger partial charge in [0.05, 0.1) is 16.2 Å². The number of aromatic nitrogens is 2. The molecule has 3 rings (SSSR count). The van der Waals surface area contributed by atoms with E-state index in [1.165, 1.54) is 6.92 Å². The van der Waals surface area contributed by atoms with Crippen molar-refractivity contribution in [1.29, 1.82) is 0 Å². The van der Waals surface area contributed by atoms with Gasteiger partial charge >= 0.3 is 6.03 Å². The molecule has 2 N–H and O–H groups in total. The zero-order valence-electron chi connectivity index (χ0n) is 13.6. The molecular formula is C18H15ClN4O2. The molecular weight excluding hydrogens is 340 g/mol. The van der Waals surface area contributed by atoms with Gasteiger partial charge in [0.15, 0.2) is 5.78 Å². The summed E-state index contributed by atoms with van der Waals surface area (Å²) >= 11 is 5.98. The van der Waals surface area contributed by atoms with E-state index in [1.807, 2.05) is 13.0 Å². The Kier molecular flexibility index (Phi) is 4.63. The molecule has 2 amide bonds. The van der Waals surface area contributed by atoms with Crippen LogP contribution in [-0.4, -0.2) is 21.8 Å². The second kappa shape index (κ2) is 6.86. The van der Waals surface area contributed by atoms with Crippen LogP contribution in [0.5, 0.6) is 0 Å². The van der Waals surface area contributed by atoms with Gasteiger partial charge in [0.25, 0.3) is 0 Å². The zero-order valence-corrected chi connectivity index (χ0v) is 14.4. The molecule has 0 atom stereocenters. The Labute approximate surface area is 149 Å². The predicted octanol–water partition coefficient (Wildman–Crippen LogP) is 4.44. The first kappa shape index (κ1) is 16.9. The molecule has 0 aliphatic rings. The van der Waals surface area contributed by atoms with E-state index >= 15 is 0 Å². The molecule has 6 nitrogen and oxygen atoms in total. The molecule has 25 heavy (non-hydrogen) atoms. The number of amides is 2. The monoisotopic (exact) mass is 354 g/mol. The Morgan fingerprint density at radius 1 is 1.12 bits per heavy atom. The van der Waals surface area contributed by atoms with Crippen LogP contribution >= 0.6 is 11.6 Å². The van der Waals surface area contributed by atoms with Gasteiger partial charge in [-0.3, -0.25) is 14.8 Å². The highest BCUT2D eigenvalue weighted by Crippen LogP contribution is 2.23. The van der Waals surface area contributed by atoms with Gasteiger partial charge in [-0.25, -0.2) is 4.79 Å². The number of nitrogens with zero attached hydrogens (tertiary/aromatic N) is 2. The molecule has 0 bridgehead atoms. The summed E-state index contributed by atoms with van der Waals surface area (Å²) in [5, 5.41) is 5.80. The molecule has 0 saturated carbocycles. The van der Waals surface area contributed by atoms with Gasteiger partial charge in [0.1, 0.15) is 5.52 Å². The number of benzene rings is 1. The third-order valence-corrected chi connectivity index (χ3v) is 3.87. The summed E-state index contributed by atoms with van der Waals surface area (Å²) in [6, 6.07) is 9.65. The number of nitrogens with one attached hydrogen (secondary N) is 2. The van der Waals surface area contributed by atoms with Crippen LogP contribution in [0.25, 0.3) is 11.0 Å². The van der Waals surface area contributed by atoms with Gasteiger partial charge in [0, 0.05) is 23.1 Å². The number of halogens is 1. The summed E-state index contributed by atoms with van der Waals surface area (Å²) in [5.74, 6) is -0.172. The van der Waals surface area contributed by atoms with E-state index in [4.69, 9.17) is 11.6 Å². The molecule has 1 aromatic carbocycles. The van der Waals surface area contributed by atoms with Crippen molar-refractivity contribution in [2.75, 3.05) is 10.6 Å². The van der Waals surface area contributed by atoms with Crippen LogP contribution in [0.3, 0.4) is 0 Å². The summed E-state index contributed by atoms with van der Waals surface area (Å²) in [6.45, 7) is 3.26. The summed E-state index contributed by atoms with van der Waals surface area (Å²) in [7, 11) is 0. The minimum Gasteiger partial charge on any atom is -0.308 e. The number of Topliss-reactive ketones (excluding diaryl/α,β-unsaturated/α-hetero) is 1. The number of hydrogen-bond donors (Lipinski definition) is 2. The lowest BCUT2D eigenvalue weighted by Gasteiger charge is -2.11. The minimum atomic E-state index is -0.450. The third kappa shape index (κ3) is 3.75. The Hall–Kier alpha value is -2.99. The minimum absolute atomic E-state index is 0.172. The van der Waals surface area contributed by atoms with Crippen LogP contribution in [0.4, 0.5) is 16.2 Å². The maximum absolute atomic E-state index is 12.3. The largest absolute Gasteiger partial charge is 0.323 e. The van der Waals surface area contributed by atoms with Crippen LogP contribution in [-0.2, 0) is 0 Å². The van der Waals surface area contributed by atoms with Gasteiger partial charge in [0.2, 0.25) is 0 Å². The molecule has 2 aromatic heterocycles. The quantitative estimate of drug-likeness (QED) is 0.681. The molecule has 0 spiro atoms. The Morgan fingerprint density at radius 3 is 2.68 bits per heavy atom. The number of ketones is 1. The molecule has 0 aliphatic carbocycles. The first-order valence-corrected chi connectivity index (χ1v) is 7.92. The third-order valence-electron chi connectivity index (χ3n) is 3.54. The van der Waals surface area contributed by atoms with Gasteiger partial charge in [-0.15, -0.1) is 0 Å². The van der Waals surface area contributed by atoms with Crippen molar-refractivity contribution in [1.82, 2.24) is 9.97 Å². The number of pyridine rings is 2. The number of urea groups is 1. The van der Waals surface area contributed by atoms with E-state index in [9.17, 15) is 9.59 Å². The smallest absolute Gasteiger partial charge is 0.308 e. The van der Waals surface area contributed by atoms with Crippen molar-refractivity contribution in [2.45, 2.75) is 13.8 Å². The van der Waals surface area contributed by atoms with Gasteiger partial charge in [-0.05, 0) is 50.2 Å². The average molecular weight is 355 g/mol. The van der Waals surface area contributed by atoms with Crippen LogP contribution in [0.1, 0.15) is 23.0 Å². The lowest BCUT2D eigenvalue weighted by atomic mass is 10.1. The first-order chi connectivity index (χ1) is 11.9. The Balaban J connectivity index is 1.84. The number of rotatable bonds is 3. The van der Waals surface area contributed by atoms with Crippen molar-refractivity contribution in [3.05, 3.63) is 58.9 Å². The number of hydrogen-bond acceptors (Lipinski definition) is 4. The lowest BCUT2D eigenvalue weighted by molar-refractivity contribution is 0.101. The second-order valence-corrected chi connectivity index (χ2v) is 5.92. The molecule has 0 radical (unpaired) electrons. The summed E-state index contributed by atoms with van der Waals surface area (Å²) in [6.07, 6.45) is 1.64. The summed E-state index contributed by atoms with van der Waals surface area (Å²) < 4.78 is 0. The fourth-order valence-corrected chi connectivity index (χ4v) is 2.70. The van der Waals surface area contributed by atoms with E-state index in [1.54, 1.807) is 36.5 Å². The molecule has 0 aliphatic heterocycles. The highest BCUT2D eigenvalue weighted by atomic mass is 35.5. The van der Waals surface area contributed by atoms with Crippen LogP contribution in [0.2, 0.25) is 5.02 Å². The Morgan fingerprint density at radius 2 is 1.92 bits per heavy atom. The fourth-order valence-electron chi connectivity index (χ4n) is 2.45. The summed E-state index contributed by atoms with van der Waals surface area (Å²) in [4.78, 5) is 32.5. The first-order valence-electron chi connectivity index (χ1n) is 7.55. The molecule has 2 heterocycles. The summed E-state index contributed by atoms with van der Waals surface area (Å²) in [5.41, 5.74) is 3.44.